The lowest BCUT2D eigenvalue weighted by molar-refractivity contribution is -0.138. The van der Waals surface area contributed by atoms with Crippen LogP contribution in [-0.4, -0.2) is 46.3 Å². The summed E-state index contributed by atoms with van der Waals surface area (Å²) < 4.78 is 32.4. The van der Waals surface area contributed by atoms with Crippen LogP contribution < -0.4 is 9.44 Å². The number of rotatable bonds is 9. The highest BCUT2D eigenvalue weighted by Gasteiger charge is 2.21. The Morgan fingerprint density at radius 1 is 1.30 bits per heavy atom. The lowest BCUT2D eigenvalue weighted by Crippen LogP contribution is -2.41. The molecule has 0 aliphatic heterocycles. The van der Waals surface area contributed by atoms with Gasteiger partial charge in [-0.3, -0.25) is 4.79 Å². The van der Waals surface area contributed by atoms with Gasteiger partial charge in [-0.15, -0.1) is 0 Å². The van der Waals surface area contributed by atoms with E-state index < -0.39 is 22.1 Å². The van der Waals surface area contributed by atoms with Crippen molar-refractivity contribution in [1.82, 2.24) is 9.44 Å². The first kappa shape index (κ1) is 16.6. The van der Waals surface area contributed by atoms with Crippen LogP contribution in [0.4, 0.5) is 0 Å². The molecule has 0 aromatic heterocycles. The van der Waals surface area contributed by atoms with Crippen LogP contribution >= 0.6 is 0 Å². The number of carboxylic acids is 1. The fourth-order valence-corrected chi connectivity index (χ4v) is 2.40. The van der Waals surface area contributed by atoms with Gasteiger partial charge in [0.05, 0.1) is 12.5 Å². The van der Waals surface area contributed by atoms with Crippen molar-refractivity contribution < 1.29 is 23.1 Å². The van der Waals surface area contributed by atoms with Crippen LogP contribution in [0.3, 0.4) is 0 Å². The third kappa shape index (κ3) is 5.66. The van der Waals surface area contributed by atoms with Crippen molar-refractivity contribution in [2.75, 3.05) is 26.8 Å². The van der Waals surface area contributed by atoms with Gasteiger partial charge in [0, 0.05) is 20.2 Å². The van der Waals surface area contributed by atoms with Crippen molar-refractivity contribution in [2.24, 2.45) is 0 Å². The van der Waals surface area contributed by atoms with E-state index in [9.17, 15) is 13.2 Å². The summed E-state index contributed by atoms with van der Waals surface area (Å²) in [7, 11) is -2.28. The Labute approximate surface area is 118 Å². The van der Waals surface area contributed by atoms with Gasteiger partial charge in [-0.25, -0.2) is 4.72 Å². The Hall–Kier alpha value is -1.48. The van der Waals surface area contributed by atoms with Crippen LogP contribution in [0.2, 0.25) is 0 Å². The molecule has 1 unspecified atom stereocenters. The zero-order valence-corrected chi connectivity index (χ0v) is 11.9. The van der Waals surface area contributed by atoms with E-state index in [1.54, 1.807) is 30.3 Å². The predicted octanol–water partition coefficient (Wildman–Crippen LogP) is -0.0748. The van der Waals surface area contributed by atoms with Gasteiger partial charge in [-0.05, 0) is 5.56 Å². The first-order valence-corrected chi connectivity index (χ1v) is 7.45. The van der Waals surface area contributed by atoms with Crippen LogP contribution in [0, 0.1) is 0 Å². The monoisotopic (exact) mass is 302 g/mol. The highest BCUT2D eigenvalue weighted by molar-refractivity contribution is 7.87. The van der Waals surface area contributed by atoms with Crippen molar-refractivity contribution in [1.29, 1.82) is 0 Å². The van der Waals surface area contributed by atoms with Gasteiger partial charge in [0.2, 0.25) is 0 Å². The van der Waals surface area contributed by atoms with Gasteiger partial charge in [0.15, 0.2) is 0 Å². The highest BCUT2D eigenvalue weighted by atomic mass is 32.2. The Morgan fingerprint density at radius 3 is 2.50 bits per heavy atom. The number of benzene rings is 1. The minimum absolute atomic E-state index is 0.120. The standard InChI is InChI=1S/C12H18N2O5S/c1-19-8-7-13-20(17,18)14-9-11(12(15)16)10-5-3-2-4-6-10/h2-6,11,13-14H,7-9H2,1H3,(H,15,16). The summed E-state index contributed by atoms with van der Waals surface area (Å²) in [5.41, 5.74) is 0.541. The van der Waals surface area contributed by atoms with Gasteiger partial charge in [-0.2, -0.15) is 13.1 Å². The topological polar surface area (TPSA) is 105 Å². The van der Waals surface area contributed by atoms with Gasteiger partial charge in [-0.1, -0.05) is 30.3 Å². The van der Waals surface area contributed by atoms with Crippen LogP contribution in [0.15, 0.2) is 30.3 Å². The van der Waals surface area contributed by atoms with Gasteiger partial charge >= 0.3 is 5.97 Å². The molecular formula is C12H18N2O5S. The molecule has 0 heterocycles. The second kappa shape index (κ2) is 7.95. The molecule has 1 rings (SSSR count). The third-order valence-electron chi connectivity index (χ3n) is 2.58. The largest absolute Gasteiger partial charge is 0.481 e. The molecular weight excluding hydrogens is 284 g/mol. The van der Waals surface area contributed by atoms with E-state index in [0.717, 1.165) is 0 Å². The zero-order chi connectivity index (χ0) is 15.0. The molecule has 1 atom stereocenters. The molecule has 0 aliphatic rings. The van der Waals surface area contributed by atoms with E-state index in [2.05, 4.69) is 9.44 Å². The van der Waals surface area contributed by atoms with Crippen molar-refractivity contribution in [3.05, 3.63) is 35.9 Å². The first-order valence-electron chi connectivity index (χ1n) is 5.97. The molecule has 0 fully saturated rings. The Morgan fingerprint density at radius 2 is 1.95 bits per heavy atom. The Kier molecular flexibility index (Phi) is 6.59. The molecule has 1 aromatic rings. The first-order chi connectivity index (χ1) is 9.46. The maximum atomic E-state index is 11.6. The minimum Gasteiger partial charge on any atom is -0.481 e. The lowest BCUT2D eigenvalue weighted by atomic mass is 10.00. The van der Waals surface area contributed by atoms with E-state index in [1.165, 1.54) is 7.11 Å². The normalized spacial score (nSPS) is 13.1. The molecule has 0 amide bonds. The van der Waals surface area contributed by atoms with Crippen LogP contribution in [-0.2, 0) is 19.7 Å². The summed E-state index contributed by atoms with van der Waals surface area (Å²) in [6.45, 7) is 0.137. The van der Waals surface area contributed by atoms with Crippen LogP contribution in [0.25, 0.3) is 0 Å². The fraction of sp³-hybridized carbons (Fsp3) is 0.417. The van der Waals surface area contributed by atoms with Crippen molar-refractivity contribution in [3.63, 3.8) is 0 Å². The summed E-state index contributed by atoms with van der Waals surface area (Å²) in [4.78, 5) is 11.2. The van der Waals surface area contributed by atoms with Crippen molar-refractivity contribution >= 4 is 16.2 Å². The number of aliphatic carboxylic acids is 1. The number of hydrogen-bond donors (Lipinski definition) is 3. The van der Waals surface area contributed by atoms with E-state index in [0.29, 0.717) is 5.56 Å². The quantitative estimate of drug-likeness (QED) is 0.554. The maximum Gasteiger partial charge on any atom is 0.312 e. The van der Waals surface area contributed by atoms with Crippen molar-refractivity contribution in [2.45, 2.75) is 5.92 Å². The number of carboxylic acid groups (broad SMARTS) is 1. The summed E-state index contributed by atoms with van der Waals surface area (Å²) in [6, 6.07) is 8.46. The summed E-state index contributed by atoms with van der Waals surface area (Å²) in [5, 5.41) is 9.16. The summed E-state index contributed by atoms with van der Waals surface area (Å²) >= 11 is 0. The second-order valence-corrected chi connectivity index (χ2v) is 5.62. The number of carbonyl (C=O) groups is 1. The molecule has 1 aromatic carbocycles. The van der Waals surface area contributed by atoms with E-state index in [1.807, 2.05) is 0 Å². The molecule has 8 heteroatoms. The zero-order valence-electron chi connectivity index (χ0n) is 11.1. The molecule has 0 aliphatic carbocycles. The molecule has 0 saturated carbocycles. The molecule has 3 N–H and O–H groups in total. The summed E-state index contributed by atoms with van der Waals surface area (Å²) in [6.07, 6.45) is 0. The van der Waals surface area contributed by atoms with Gasteiger partial charge < -0.3 is 9.84 Å². The number of hydrogen-bond acceptors (Lipinski definition) is 4. The van der Waals surface area contributed by atoms with Crippen molar-refractivity contribution in [3.8, 4) is 0 Å². The number of ether oxygens (including phenoxy) is 1. The SMILES string of the molecule is COCCNS(=O)(=O)NCC(C(=O)O)c1ccccc1. The van der Waals surface area contributed by atoms with Gasteiger partial charge in [0.25, 0.3) is 10.2 Å². The maximum absolute atomic E-state index is 11.6. The average molecular weight is 302 g/mol. The Bertz CT molecular complexity index is 518. The van der Waals surface area contributed by atoms with Crippen LogP contribution in [0.1, 0.15) is 11.5 Å². The molecule has 112 valence electrons. The molecule has 0 radical (unpaired) electrons. The molecule has 7 nitrogen and oxygen atoms in total. The van der Waals surface area contributed by atoms with Crippen LogP contribution in [0.5, 0.6) is 0 Å². The summed E-state index contributed by atoms with van der Waals surface area (Å²) in [5.74, 6) is -2.02. The molecule has 0 spiro atoms. The third-order valence-corrected chi connectivity index (χ3v) is 3.71. The van der Waals surface area contributed by atoms with E-state index in [4.69, 9.17) is 9.84 Å². The Balaban J connectivity index is 2.62. The molecule has 20 heavy (non-hydrogen) atoms. The molecule has 0 bridgehead atoms. The number of methoxy groups -OCH3 is 1. The fourth-order valence-electron chi connectivity index (χ4n) is 1.56. The van der Waals surface area contributed by atoms with Gasteiger partial charge in [0.1, 0.15) is 0 Å². The minimum atomic E-state index is -3.73. The molecule has 0 saturated heterocycles. The smallest absolute Gasteiger partial charge is 0.312 e. The number of nitrogens with one attached hydrogen (secondary N) is 2. The average Bonchev–Trinajstić information content (AvgIpc) is 2.40. The van der Waals surface area contributed by atoms with E-state index in [-0.39, 0.29) is 19.7 Å². The lowest BCUT2D eigenvalue weighted by Gasteiger charge is -2.14. The van der Waals surface area contributed by atoms with E-state index >= 15 is 0 Å². The second-order valence-electron chi connectivity index (χ2n) is 4.04. The highest BCUT2D eigenvalue weighted by Crippen LogP contribution is 2.14. The predicted molar refractivity (Wildman–Crippen MR) is 73.6 cm³/mol.